The Morgan fingerprint density at radius 2 is 2.08 bits per heavy atom. The predicted octanol–water partition coefficient (Wildman–Crippen LogP) is 3.39. The molecule has 2 aromatic heterocycles. The van der Waals surface area contributed by atoms with Crippen molar-refractivity contribution >= 4 is 17.7 Å². The summed E-state index contributed by atoms with van der Waals surface area (Å²) in [7, 11) is 0. The lowest BCUT2D eigenvalue weighted by molar-refractivity contribution is 0.0732. The van der Waals surface area contributed by atoms with Crippen LogP contribution in [-0.2, 0) is 13.0 Å². The normalized spacial score (nSPS) is 13.6. The van der Waals surface area contributed by atoms with Gasteiger partial charge in [0.2, 0.25) is 0 Å². The number of pyridine rings is 1. The number of hydrogen-bond donors (Lipinski definition) is 1. The van der Waals surface area contributed by atoms with Crippen molar-refractivity contribution in [2.45, 2.75) is 17.9 Å². The number of aromatic nitrogens is 3. The molecule has 1 aromatic carbocycles. The third-order valence-corrected chi connectivity index (χ3v) is 5.13. The van der Waals surface area contributed by atoms with Crippen molar-refractivity contribution in [3.05, 3.63) is 65.7 Å². The minimum Gasteiger partial charge on any atom is -0.340 e. The number of benzene rings is 1. The molecule has 4 rings (SSSR count). The van der Waals surface area contributed by atoms with Crippen molar-refractivity contribution in [2.75, 3.05) is 12.8 Å². The molecule has 0 radical (unpaired) electrons. The maximum Gasteiger partial charge on any atom is 0.254 e. The summed E-state index contributed by atoms with van der Waals surface area (Å²) < 4.78 is 0. The third-order valence-electron chi connectivity index (χ3n) is 4.39. The number of H-pyrrole nitrogens is 1. The van der Waals surface area contributed by atoms with Gasteiger partial charge < -0.3 is 9.88 Å². The lowest BCUT2D eigenvalue weighted by atomic mass is 10.1. The predicted molar refractivity (Wildman–Crippen MR) is 98.5 cm³/mol. The molecule has 0 unspecified atom stereocenters. The van der Waals surface area contributed by atoms with Crippen molar-refractivity contribution in [3.8, 4) is 11.4 Å². The van der Waals surface area contributed by atoms with Gasteiger partial charge in [-0.15, -0.1) is 11.8 Å². The molecule has 0 aliphatic carbocycles. The first-order chi connectivity index (χ1) is 12.2. The molecule has 0 saturated heterocycles. The molecular weight excluding hydrogens is 332 g/mol. The zero-order valence-electron chi connectivity index (χ0n) is 13.9. The van der Waals surface area contributed by atoms with Gasteiger partial charge in [-0.05, 0) is 42.7 Å². The summed E-state index contributed by atoms with van der Waals surface area (Å²) in [6, 6.07) is 11.7. The molecule has 1 N–H and O–H groups in total. The number of carbonyl (C=O) groups excluding carboxylic acids is 1. The van der Waals surface area contributed by atoms with E-state index in [4.69, 9.17) is 0 Å². The Balaban J connectivity index is 1.54. The van der Waals surface area contributed by atoms with Crippen molar-refractivity contribution in [1.82, 2.24) is 19.9 Å². The van der Waals surface area contributed by atoms with Crippen molar-refractivity contribution in [3.63, 3.8) is 0 Å². The molecule has 0 bridgehead atoms. The van der Waals surface area contributed by atoms with Gasteiger partial charge in [0, 0.05) is 41.4 Å². The van der Waals surface area contributed by atoms with Crippen LogP contribution in [0.4, 0.5) is 0 Å². The molecule has 1 aliphatic rings. The number of carbonyl (C=O) groups is 1. The Kier molecular flexibility index (Phi) is 4.28. The van der Waals surface area contributed by atoms with Gasteiger partial charge in [0.05, 0.1) is 17.9 Å². The maximum atomic E-state index is 12.8. The zero-order chi connectivity index (χ0) is 17.2. The minimum atomic E-state index is 0.0656. The van der Waals surface area contributed by atoms with E-state index >= 15 is 0 Å². The average molecular weight is 350 g/mol. The molecular formula is C19H18N4OS. The van der Waals surface area contributed by atoms with E-state index in [9.17, 15) is 4.79 Å². The molecule has 0 atom stereocenters. The Morgan fingerprint density at radius 3 is 2.80 bits per heavy atom. The van der Waals surface area contributed by atoms with Gasteiger partial charge in [0.1, 0.15) is 5.82 Å². The first-order valence-electron chi connectivity index (χ1n) is 8.16. The number of hydrogen-bond acceptors (Lipinski definition) is 4. The molecule has 6 heteroatoms. The van der Waals surface area contributed by atoms with Crippen molar-refractivity contribution < 1.29 is 4.79 Å². The minimum absolute atomic E-state index is 0.0656. The van der Waals surface area contributed by atoms with E-state index in [2.05, 4.69) is 15.0 Å². The van der Waals surface area contributed by atoms with Gasteiger partial charge in [0.25, 0.3) is 5.91 Å². The highest BCUT2D eigenvalue weighted by molar-refractivity contribution is 7.98. The van der Waals surface area contributed by atoms with E-state index < -0.39 is 0 Å². The molecule has 0 saturated carbocycles. The lowest BCUT2D eigenvalue weighted by Crippen LogP contribution is -2.36. The highest BCUT2D eigenvalue weighted by atomic mass is 32.2. The zero-order valence-corrected chi connectivity index (χ0v) is 14.7. The van der Waals surface area contributed by atoms with E-state index in [0.717, 1.165) is 39.7 Å². The molecule has 0 spiro atoms. The monoisotopic (exact) mass is 350 g/mol. The standard InChI is InChI=1S/C19H18N4OS/c1-25-15-6-4-13(5-7-15)19(24)23-10-8-16-17(12-23)22-18(21-16)14-3-2-9-20-11-14/h2-7,9,11H,8,10,12H2,1H3,(H,21,22). The quantitative estimate of drug-likeness (QED) is 0.736. The molecule has 1 aliphatic heterocycles. The molecule has 25 heavy (non-hydrogen) atoms. The smallest absolute Gasteiger partial charge is 0.254 e. The molecule has 126 valence electrons. The highest BCUT2D eigenvalue weighted by Gasteiger charge is 2.24. The van der Waals surface area contributed by atoms with Gasteiger partial charge in [-0.3, -0.25) is 9.78 Å². The first-order valence-corrected chi connectivity index (χ1v) is 9.38. The number of rotatable bonds is 3. The van der Waals surface area contributed by atoms with Gasteiger partial charge in [0.15, 0.2) is 0 Å². The van der Waals surface area contributed by atoms with Crippen LogP contribution in [0.1, 0.15) is 21.7 Å². The Labute approximate surface area is 150 Å². The summed E-state index contributed by atoms with van der Waals surface area (Å²) in [6.07, 6.45) is 6.33. The second kappa shape index (κ2) is 6.72. The number of nitrogens with zero attached hydrogens (tertiary/aromatic N) is 3. The molecule has 3 heterocycles. The van der Waals surface area contributed by atoms with Crippen LogP contribution in [0.3, 0.4) is 0 Å². The summed E-state index contributed by atoms with van der Waals surface area (Å²) in [4.78, 5) is 28.0. The first kappa shape index (κ1) is 15.9. The fourth-order valence-corrected chi connectivity index (χ4v) is 3.43. The van der Waals surface area contributed by atoms with Crippen LogP contribution in [0.2, 0.25) is 0 Å². The van der Waals surface area contributed by atoms with Crippen LogP contribution in [0.15, 0.2) is 53.7 Å². The van der Waals surface area contributed by atoms with Crippen LogP contribution < -0.4 is 0 Å². The summed E-state index contributed by atoms with van der Waals surface area (Å²) in [6.45, 7) is 1.25. The molecule has 5 nitrogen and oxygen atoms in total. The van der Waals surface area contributed by atoms with Crippen LogP contribution in [0.5, 0.6) is 0 Å². The topological polar surface area (TPSA) is 61.9 Å². The number of imidazole rings is 1. The lowest BCUT2D eigenvalue weighted by Gasteiger charge is -2.26. The van der Waals surface area contributed by atoms with Gasteiger partial charge in [-0.2, -0.15) is 0 Å². The summed E-state index contributed by atoms with van der Waals surface area (Å²) >= 11 is 1.67. The van der Waals surface area contributed by atoms with Crippen molar-refractivity contribution in [1.29, 1.82) is 0 Å². The number of nitrogens with one attached hydrogen (secondary N) is 1. The average Bonchev–Trinajstić information content (AvgIpc) is 3.11. The second-order valence-corrected chi connectivity index (χ2v) is 6.84. The van der Waals surface area contributed by atoms with E-state index in [1.54, 1.807) is 24.2 Å². The van der Waals surface area contributed by atoms with Crippen LogP contribution in [0.25, 0.3) is 11.4 Å². The molecule has 0 fully saturated rings. The molecule has 3 aromatic rings. The number of amides is 1. The van der Waals surface area contributed by atoms with Gasteiger partial charge in [-0.25, -0.2) is 4.98 Å². The second-order valence-electron chi connectivity index (χ2n) is 5.96. The summed E-state index contributed by atoms with van der Waals surface area (Å²) in [5.74, 6) is 0.882. The van der Waals surface area contributed by atoms with E-state index in [0.29, 0.717) is 13.1 Å². The number of fused-ring (bicyclic) bond motifs is 1. The highest BCUT2D eigenvalue weighted by Crippen LogP contribution is 2.24. The fourth-order valence-electron chi connectivity index (χ4n) is 3.02. The Morgan fingerprint density at radius 1 is 1.24 bits per heavy atom. The summed E-state index contributed by atoms with van der Waals surface area (Å²) in [5, 5.41) is 0. The molecule has 1 amide bonds. The van der Waals surface area contributed by atoms with E-state index in [1.807, 2.05) is 47.6 Å². The van der Waals surface area contributed by atoms with E-state index in [-0.39, 0.29) is 5.91 Å². The summed E-state index contributed by atoms with van der Waals surface area (Å²) in [5.41, 5.74) is 3.75. The van der Waals surface area contributed by atoms with Crippen molar-refractivity contribution in [2.24, 2.45) is 0 Å². The van der Waals surface area contributed by atoms with Crippen LogP contribution in [-0.4, -0.2) is 38.6 Å². The van der Waals surface area contributed by atoms with Crippen LogP contribution in [0, 0.1) is 0 Å². The number of aromatic amines is 1. The SMILES string of the molecule is CSc1ccc(C(=O)N2CCc3nc(-c4cccnc4)[nH]c3C2)cc1. The largest absolute Gasteiger partial charge is 0.340 e. The number of thioether (sulfide) groups is 1. The van der Waals surface area contributed by atoms with E-state index in [1.165, 1.54) is 0 Å². The fraction of sp³-hybridized carbons (Fsp3) is 0.211. The Hall–Kier alpha value is -2.60. The van der Waals surface area contributed by atoms with Gasteiger partial charge >= 0.3 is 0 Å². The van der Waals surface area contributed by atoms with Crippen LogP contribution >= 0.6 is 11.8 Å². The Bertz CT molecular complexity index is 890. The third kappa shape index (κ3) is 3.17. The van der Waals surface area contributed by atoms with Gasteiger partial charge in [-0.1, -0.05) is 0 Å². The maximum absolute atomic E-state index is 12.8.